The second-order valence-electron chi connectivity index (χ2n) is 4.08. The highest BCUT2D eigenvalue weighted by Crippen LogP contribution is 2.14. The molecule has 0 spiro atoms. The highest BCUT2D eigenvalue weighted by Gasteiger charge is 2.16. The summed E-state index contributed by atoms with van der Waals surface area (Å²) in [5, 5.41) is 0. The van der Waals surface area contributed by atoms with Crippen LogP contribution in [0.2, 0.25) is 0 Å². The Morgan fingerprint density at radius 3 is 2.29 bits per heavy atom. The molecular formula is C14H20ClNO. The van der Waals surface area contributed by atoms with Gasteiger partial charge in [0.1, 0.15) is 0 Å². The number of nitrogens with zero attached hydrogens (tertiary/aromatic N) is 1. The van der Waals surface area contributed by atoms with Crippen LogP contribution in [0, 0.1) is 0 Å². The van der Waals surface area contributed by atoms with Gasteiger partial charge in [0, 0.05) is 24.5 Å². The van der Waals surface area contributed by atoms with E-state index in [1.165, 1.54) is 0 Å². The Hall–Kier alpha value is -1.02. The van der Waals surface area contributed by atoms with Crippen LogP contribution in [-0.4, -0.2) is 23.9 Å². The van der Waals surface area contributed by atoms with Crippen LogP contribution in [0.4, 0.5) is 0 Å². The lowest BCUT2D eigenvalue weighted by atomic mass is 10.1. The monoisotopic (exact) mass is 253 g/mol. The molecule has 0 aliphatic carbocycles. The van der Waals surface area contributed by atoms with Crippen LogP contribution >= 0.6 is 11.6 Å². The summed E-state index contributed by atoms with van der Waals surface area (Å²) < 4.78 is 0. The molecule has 1 rings (SSSR count). The standard InChI is InChI=1S/C14H20ClNO/c1-3-9-16(10-4-2)14(17)13-8-6-5-7-12(13)11-15/h5-8H,3-4,9-11H2,1-2H3. The van der Waals surface area contributed by atoms with E-state index >= 15 is 0 Å². The minimum atomic E-state index is 0.102. The van der Waals surface area contributed by atoms with E-state index in [-0.39, 0.29) is 5.91 Å². The number of carbonyl (C=O) groups is 1. The first-order valence-electron chi connectivity index (χ1n) is 6.17. The lowest BCUT2D eigenvalue weighted by Crippen LogP contribution is -2.33. The highest BCUT2D eigenvalue weighted by molar-refractivity contribution is 6.17. The Bertz CT molecular complexity index is 359. The van der Waals surface area contributed by atoms with E-state index in [9.17, 15) is 4.79 Å². The maximum atomic E-state index is 12.4. The van der Waals surface area contributed by atoms with E-state index < -0.39 is 0 Å². The van der Waals surface area contributed by atoms with Crippen molar-refractivity contribution in [3.05, 3.63) is 35.4 Å². The lowest BCUT2D eigenvalue weighted by molar-refractivity contribution is 0.0754. The van der Waals surface area contributed by atoms with Gasteiger partial charge >= 0.3 is 0 Å². The van der Waals surface area contributed by atoms with Gasteiger partial charge in [0.2, 0.25) is 0 Å². The molecule has 0 aromatic heterocycles. The molecule has 0 saturated heterocycles. The summed E-state index contributed by atoms with van der Waals surface area (Å²) in [5.41, 5.74) is 1.65. The zero-order valence-corrected chi connectivity index (χ0v) is 11.3. The fourth-order valence-electron chi connectivity index (χ4n) is 1.87. The Balaban J connectivity index is 2.92. The fourth-order valence-corrected chi connectivity index (χ4v) is 2.10. The number of rotatable bonds is 6. The topological polar surface area (TPSA) is 20.3 Å². The van der Waals surface area contributed by atoms with E-state index in [4.69, 9.17) is 11.6 Å². The number of benzene rings is 1. The summed E-state index contributed by atoms with van der Waals surface area (Å²) >= 11 is 5.86. The first kappa shape index (κ1) is 14.0. The zero-order chi connectivity index (χ0) is 12.7. The van der Waals surface area contributed by atoms with E-state index in [0.29, 0.717) is 5.88 Å². The molecule has 17 heavy (non-hydrogen) atoms. The second kappa shape index (κ2) is 7.33. The van der Waals surface area contributed by atoms with Crippen molar-refractivity contribution in [1.82, 2.24) is 4.90 Å². The van der Waals surface area contributed by atoms with E-state index in [1.807, 2.05) is 29.2 Å². The van der Waals surface area contributed by atoms with Crippen LogP contribution in [0.15, 0.2) is 24.3 Å². The highest BCUT2D eigenvalue weighted by atomic mass is 35.5. The third kappa shape index (κ3) is 3.74. The van der Waals surface area contributed by atoms with Crippen molar-refractivity contribution >= 4 is 17.5 Å². The van der Waals surface area contributed by atoms with E-state index in [0.717, 1.165) is 37.1 Å². The van der Waals surface area contributed by atoms with Gasteiger partial charge in [-0.05, 0) is 24.5 Å². The summed E-state index contributed by atoms with van der Waals surface area (Å²) in [6.07, 6.45) is 1.96. The molecule has 0 fully saturated rings. The molecule has 0 heterocycles. The Kier molecular flexibility index (Phi) is 6.06. The van der Waals surface area contributed by atoms with Gasteiger partial charge in [-0.3, -0.25) is 4.79 Å². The van der Waals surface area contributed by atoms with Gasteiger partial charge in [0.25, 0.3) is 5.91 Å². The molecule has 3 heteroatoms. The van der Waals surface area contributed by atoms with Crippen LogP contribution in [0.25, 0.3) is 0 Å². The summed E-state index contributed by atoms with van der Waals surface area (Å²) in [5.74, 6) is 0.485. The first-order chi connectivity index (χ1) is 8.24. The molecule has 1 amide bonds. The third-order valence-corrected chi connectivity index (χ3v) is 2.95. The largest absolute Gasteiger partial charge is 0.339 e. The first-order valence-corrected chi connectivity index (χ1v) is 6.71. The molecular weight excluding hydrogens is 234 g/mol. The van der Waals surface area contributed by atoms with Gasteiger partial charge in [0.15, 0.2) is 0 Å². The summed E-state index contributed by atoms with van der Waals surface area (Å²) in [4.78, 5) is 14.3. The predicted molar refractivity (Wildman–Crippen MR) is 72.5 cm³/mol. The summed E-state index contributed by atoms with van der Waals surface area (Å²) in [7, 11) is 0. The van der Waals surface area contributed by atoms with Crippen LogP contribution in [0.3, 0.4) is 0 Å². The molecule has 1 aromatic rings. The number of halogens is 1. The Morgan fingerprint density at radius 2 is 1.76 bits per heavy atom. The molecule has 0 N–H and O–H groups in total. The minimum absolute atomic E-state index is 0.102. The van der Waals surface area contributed by atoms with Crippen molar-refractivity contribution in [2.45, 2.75) is 32.6 Å². The maximum absolute atomic E-state index is 12.4. The predicted octanol–water partition coefficient (Wildman–Crippen LogP) is 3.69. The van der Waals surface area contributed by atoms with Crippen molar-refractivity contribution in [3.63, 3.8) is 0 Å². The second-order valence-corrected chi connectivity index (χ2v) is 4.35. The Labute approximate surface area is 109 Å². The normalized spacial score (nSPS) is 10.3. The smallest absolute Gasteiger partial charge is 0.254 e. The molecule has 0 aliphatic rings. The third-order valence-electron chi connectivity index (χ3n) is 2.67. The number of hydrogen-bond acceptors (Lipinski definition) is 1. The van der Waals surface area contributed by atoms with Gasteiger partial charge in [-0.2, -0.15) is 0 Å². The van der Waals surface area contributed by atoms with Gasteiger partial charge in [-0.1, -0.05) is 32.0 Å². The molecule has 94 valence electrons. The maximum Gasteiger partial charge on any atom is 0.254 e. The zero-order valence-electron chi connectivity index (χ0n) is 10.6. The van der Waals surface area contributed by atoms with Crippen LogP contribution < -0.4 is 0 Å². The van der Waals surface area contributed by atoms with E-state index in [1.54, 1.807) is 0 Å². The Morgan fingerprint density at radius 1 is 1.18 bits per heavy atom. The van der Waals surface area contributed by atoms with Crippen molar-refractivity contribution in [1.29, 1.82) is 0 Å². The van der Waals surface area contributed by atoms with Gasteiger partial charge < -0.3 is 4.90 Å². The fraction of sp³-hybridized carbons (Fsp3) is 0.500. The molecule has 0 unspecified atom stereocenters. The molecule has 0 radical (unpaired) electrons. The van der Waals surface area contributed by atoms with Crippen molar-refractivity contribution in [3.8, 4) is 0 Å². The SMILES string of the molecule is CCCN(CCC)C(=O)c1ccccc1CCl. The number of hydrogen-bond donors (Lipinski definition) is 0. The van der Waals surface area contributed by atoms with Crippen molar-refractivity contribution in [2.24, 2.45) is 0 Å². The molecule has 1 aromatic carbocycles. The van der Waals surface area contributed by atoms with Crippen LogP contribution in [0.5, 0.6) is 0 Å². The molecule has 0 bridgehead atoms. The average Bonchev–Trinajstić information content (AvgIpc) is 2.37. The van der Waals surface area contributed by atoms with E-state index in [2.05, 4.69) is 13.8 Å². The van der Waals surface area contributed by atoms with Crippen LogP contribution in [-0.2, 0) is 5.88 Å². The quantitative estimate of drug-likeness (QED) is 0.708. The number of alkyl halides is 1. The summed E-state index contributed by atoms with van der Waals surface area (Å²) in [6.45, 7) is 5.79. The lowest BCUT2D eigenvalue weighted by Gasteiger charge is -2.22. The van der Waals surface area contributed by atoms with Gasteiger partial charge in [-0.25, -0.2) is 0 Å². The minimum Gasteiger partial charge on any atom is -0.339 e. The molecule has 0 aliphatic heterocycles. The van der Waals surface area contributed by atoms with Gasteiger partial charge in [-0.15, -0.1) is 11.6 Å². The number of carbonyl (C=O) groups excluding carboxylic acids is 1. The van der Waals surface area contributed by atoms with Gasteiger partial charge in [0.05, 0.1) is 0 Å². The van der Waals surface area contributed by atoms with Crippen molar-refractivity contribution < 1.29 is 4.79 Å². The molecule has 0 saturated carbocycles. The number of amides is 1. The molecule has 0 atom stereocenters. The van der Waals surface area contributed by atoms with Crippen molar-refractivity contribution in [2.75, 3.05) is 13.1 Å². The average molecular weight is 254 g/mol. The van der Waals surface area contributed by atoms with Crippen LogP contribution in [0.1, 0.15) is 42.6 Å². The summed E-state index contributed by atoms with van der Waals surface area (Å²) in [6, 6.07) is 7.58. The molecule has 2 nitrogen and oxygen atoms in total.